The van der Waals surface area contributed by atoms with Gasteiger partial charge in [0.2, 0.25) is 35.4 Å². The zero-order chi connectivity index (χ0) is 39.5. The van der Waals surface area contributed by atoms with Crippen molar-refractivity contribution in [3.05, 3.63) is 54.1 Å². The average Bonchev–Trinajstić information content (AvgIpc) is 3.63. The van der Waals surface area contributed by atoms with Crippen molar-refractivity contribution < 1.29 is 43.8 Å². The Bertz CT molecular complexity index is 1510. The normalized spacial score (nSPS) is 14.5. The highest BCUT2D eigenvalue weighted by molar-refractivity contribution is 5.96. The van der Waals surface area contributed by atoms with Crippen molar-refractivity contribution in [3.63, 3.8) is 0 Å². The second-order valence-electron chi connectivity index (χ2n) is 12.9. The number of nitrogens with zero attached hydrogens (tertiary/aromatic N) is 1. The van der Waals surface area contributed by atoms with Crippen LogP contribution < -0.4 is 43.8 Å². The first-order valence-corrected chi connectivity index (χ1v) is 17.3. The number of aliphatic carboxylic acids is 1. The summed E-state index contributed by atoms with van der Waals surface area (Å²) in [5, 5.41) is 32.0. The number of carboxylic acid groups (broad SMARTS) is 1. The molecule has 0 fully saturated rings. The van der Waals surface area contributed by atoms with Crippen LogP contribution in [0.5, 0.6) is 0 Å². The molecule has 1 heterocycles. The second-order valence-corrected chi connectivity index (χ2v) is 12.9. The summed E-state index contributed by atoms with van der Waals surface area (Å²) in [7, 11) is 0. The Morgan fingerprint density at radius 3 is 1.91 bits per heavy atom. The number of nitrogens with one attached hydrogen (secondary N) is 6. The van der Waals surface area contributed by atoms with E-state index in [1.807, 2.05) is 0 Å². The van der Waals surface area contributed by atoms with Gasteiger partial charge in [0.25, 0.3) is 0 Å². The van der Waals surface area contributed by atoms with Crippen LogP contribution in [0, 0.1) is 5.92 Å². The fourth-order valence-electron chi connectivity index (χ4n) is 5.16. The number of unbranched alkanes of at least 4 members (excludes halogenated alkanes) is 1. The number of nitrogens with two attached hydrogens (primary N) is 3. The van der Waals surface area contributed by atoms with E-state index in [2.05, 4.69) is 36.6 Å². The molecule has 0 unspecified atom stereocenters. The van der Waals surface area contributed by atoms with Crippen molar-refractivity contribution in [2.75, 3.05) is 13.2 Å². The number of carbonyl (C=O) groups excluding carboxylic acids is 6. The minimum Gasteiger partial charge on any atom is -0.480 e. The highest BCUT2D eigenvalue weighted by Gasteiger charge is 2.34. The predicted molar refractivity (Wildman–Crippen MR) is 191 cm³/mol. The standard InChI is InChI=1S/C34H52N10O9/c1-19(2)28(33(51)42-25(34(52)53)14-20-8-4-3-5-9-20)44-31(49)23(10-6-7-13-35)40-30(48)24(11-12-27(37)46)41-32(50)26(17-45)43-29(47)22(36)15-21-16-38-18-39-21/h3-5,8-9,16,18-19,22-26,28,45H,6-7,10-15,17,35-36H2,1-2H3,(H2,37,46)(H,38,39)(H,40,48)(H,41,50)(H,42,51)(H,43,47)(H,44,49)(H,52,53)/t22-,23-,24-,25-,26-,28-/m0/s1. The molecule has 14 N–H and O–H groups in total. The molecule has 0 radical (unpaired) electrons. The molecule has 6 amide bonds. The molecule has 53 heavy (non-hydrogen) atoms. The van der Waals surface area contributed by atoms with Crippen molar-refractivity contribution in [2.45, 2.75) is 95.0 Å². The summed E-state index contributed by atoms with van der Waals surface area (Å²) >= 11 is 0. The van der Waals surface area contributed by atoms with Gasteiger partial charge in [0.05, 0.1) is 19.0 Å². The van der Waals surface area contributed by atoms with Gasteiger partial charge in [-0.3, -0.25) is 28.8 Å². The number of amides is 6. The third-order valence-electron chi connectivity index (χ3n) is 8.18. The molecule has 0 aliphatic heterocycles. The number of hydrogen-bond donors (Lipinski definition) is 11. The van der Waals surface area contributed by atoms with Gasteiger partial charge in [-0.1, -0.05) is 44.2 Å². The predicted octanol–water partition coefficient (Wildman–Crippen LogP) is -2.93. The Balaban J connectivity index is 2.20. The maximum atomic E-state index is 13.7. The number of primary amides is 1. The zero-order valence-electron chi connectivity index (χ0n) is 29.9. The van der Waals surface area contributed by atoms with Crippen LogP contribution in [-0.2, 0) is 46.4 Å². The van der Waals surface area contributed by atoms with Crippen LogP contribution in [0.3, 0.4) is 0 Å². The Morgan fingerprint density at radius 2 is 1.36 bits per heavy atom. The maximum Gasteiger partial charge on any atom is 0.326 e. The van der Waals surface area contributed by atoms with E-state index in [9.17, 15) is 43.8 Å². The Kier molecular flexibility index (Phi) is 18.6. The van der Waals surface area contributed by atoms with E-state index >= 15 is 0 Å². The Morgan fingerprint density at radius 1 is 0.774 bits per heavy atom. The number of rotatable bonds is 24. The molecule has 292 valence electrons. The molecule has 19 heteroatoms. The largest absolute Gasteiger partial charge is 0.480 e. The number of imidazole rings is 1. The average molecular weight is 745 g/mol. The van der Waals surface area contributed by atoms with Crippen molar-refractivity contribution in [2.24, 2.45) is 23.1 Å². The number of aromatic amines is 1. The summed E-state index contributed by atoms with van der Waals surface area (Å²) in [6, 6.07) is 0.819. The Hall–Kier alpha value is -5.40. The van der Waals surface area contributed by atoms with Crippen LogP contribution in [-0.4, -0.2) is 111 Å². The van der Waals surface area contributed by atoms with Gasteiger partial charge in [-0.15, -0.1) is 0 Å². The summed E-state index contributed by atoms with van der Waals surface area (Å²) in [4.78, 5) is 96.7. The van der Waals surface area contributed by atoms with Crippen LogP contribution in [0.4, 0.5) is 0 Å². The molecule has 0 aliphatic rings. The summed E-state index contributed by atoms with van der Waals surface area (Å²) in [6.07, 6.45) is 3.18. The van der Waals surface area contributed by atoms with Crippen molar-refractivity contribution in [1.82, 2.24) is 36.6 Å². The van der Waals surface area contributed by atoms with Gasteiger partial charge in [-0.25, -0.2) is 9.78 Å². The van der Waals surface area contributed by atoms with E-state index in [0.29, 0.717) is 24.1 Å². The lowest BCUT2D eigenvalue weighted by molar-refractivity contribution is -0.142. The molecule has 0 bridgehead atoms. The summed E-state index contributed by atoms with van der Waals surface area (Å²) in [5.41, 5.74) is 18.1. The van der Waals surface area contributed by atoms with Crippen molar-refractivity contribution >= 4 is 41.4 Å². The first kappa shape index (κ1) is 43.8. The van der Waals surface area contributed by atoms with Crippen LogP contribution in [0.15, 0.2) is 42.9 Å². The minimum absolute atomic E-state index is 0.00430. The van der Waals surface area contributed by atoms with Crippen LogP contribution in [0.1, 0.15) is 57.2 Å². The summed E-state index contributed by atoms with van der Waals surface area (Å²) < 4.78 is 0. The molecule has 19 nitrogen and oxygen atoms in total. The molecule has 6 atom stereocenters. The fraction of sp³-hybridized carbons (Fsp3) is 0.529. The molecule has 2 aromatic rings. The lowest BCUT2D eigenvalue weighted by Crippen LogP contribution is -2.60. The molecule has 0 saturated carbocycles. The first-order valence-electron chi connectivity index (χ1n) is 17.3. The number of hydrogen-bond acceptors (Lipinski definition) is 11. The molecule has 1 aromatic carbocycles. The first-order chi connectivity index (χ1) is 25.2. The highest BCUT2D eigenvalue weighted by Crippen LogP contribution is 2.10. The van der Waals surface area contributed by atoms with E-state index in [1.54, 1.807) is 44.2 Å². The number of carbonyl (C=O) groups is 7. The van der Waals surface area contributed by atoms with Gasteiger partial charge in [0.1, 0.15) is 30.2 Å². The smallest absolute Gasteiger partial charge is 0.326 e. The maximum absolute atomic E-state index is 13.7. The van der Waals surface area contributed by atoms with Crippen molar-refractivity contribution in [3.8, 4) is 0 Å². The molecular formula is C34H52N10O9. The lowest BCUT2D eigenvalue weighted by atomic mass is 10.00. The van der Waals surface area contributed by atoms with Gasteiger partial charge >= 0.3 is 5.97 Å². The molecule has 0 aliphatic carbocycles. The Labute approximate surface area is 307 Å². The molecule has 2 rings (SSSR count). The van der Waals surface area contributed by atoms with Gasteiger partial charge < -0.3 is 59.0 Å². The fourth-order valence-corrected chi connectivity index (χ4v) is 5.16. The summed E-state index contributed by atoms with van der Waals surface area (Å²) in [5.74, 6) is -6.75. The van der Waals surface area contributed by atoms with E-state index in [1.165, 1.54) is 12.5 Å². The number of aliphatic hydroxyl groups is 1. The number of H-pyrrole nitrogens is 1. The number of carboxylic acids is 1. The van der Waals surface area contributed by atoms with Crippen molar-refractivity contribution in [1.29, 1.82) is 0 Å². The zero-order valence-corrected chi connectivity index (χ0v) is 29.9. The topological polar surface area (TPSA) is 327 Å². The molecule has 0 spiro atoms. The minimum atomic E-state index is -1.54. The van der Waals surface area contributed by atoms with Crippen LogP contribution >= 0.6 is 0 Å². The monoisotopic (exact) mass is 744 g/mol. The summed E-state index contributed by atoms with van der Waals surface area (Å²) in [6.45, 7) is 2.72. The van der Waals surface area contributed by atoms with Crippen LogP contribution in [0.2, 0.25) is 0 Å². The second kappa shape index (κ2) is 22.5. The molecule has 1 aromatic heterocycles. The van der Waals surface area contributed by atoms with E-state index in [0.717, 1.165) is 0 Å². The van der Waals surface area contributed by atoms with Crippen LogP contribution in [0.25, 0.3) is 0 Å². The molecular weight excluding hydrogens is 692 g/mol. The van der Waals surface area contributed by atoms with E-state index < -0.39 is 90.2 Å². The third kappa shape index (κ3) is 15.4. The SMILES string of the molecule is CC(C)[C@H](NC(=O)[C@H](CCCCN)NC(=O)[C@H](CCC(N)=O)NC(=O)[C@H](CO)NC(=O)[C@@H](N)Cc1cnc[nH]1)C(=O)N[C@@H](Cc1ccccc1)C(=O)O. The van der Waals surface area contributed by atoms with Gasteiger partial charge in [-0.05, 0) is 43.7 Å². The molecule has 0 saturated heterocycles. The van der Waals surface area contributed by atoms with E-state index in [4.69, 9.17) is 17.2 Å². The van der Waals surface area contributed by atoms with Gasteiger partial charge in [-0.2, -0.15) is 0 Å². The number of aromatic nitrogens is 2. The van der Waals surface area contributed by atoms with Gasteiger partial charge in [0.15, 0.2) is 0 Å². The quantitative estimate of drug-likeness (QED) is 0.0482. The van der Waals surface area contributed by atoms with E-state index in [-0.39, 0.29) is 38.6 Å². The van der Waals surface area contributed by atoms with Gasteiger partial charge in [0, 0.05) is 31.2 Å². The lowest BCUT2D eigenvalue weighted by Gasteiger charge is -2.28. The number of aliphatic hydroxyl groups excluding tert-OH is 1. The highest BCUT2D eigenvalue weighted by atomic mass is 16.4. The number of benzene rings is 1. The third-order valence-corrected chi connectivity index (χ3v) is 8.18.